The summed E-state index contributed by atoms with van der Waals surface area (Å²) in [5.74, 6) is 0.183. The maximum absolute atomic E-state index is 12.1. The monoisotopic (exact) mass is 262 g/mol. The van der Waals surface area contributed by atoms with Gasteiger partial charge < -0.3 is 10.1 Å². The molecule has 2 saturated heterocycles. The molecule has 2 heterocycles. The largest absolute Gasteiger partial charge is 0.379 e. The van der Waals surface area contributed by atoms with E-state index in [1.807, 2.05) is 6.92 Å². The van der Waals surface area contributed by atoms with Gasteiger partial charge >= 0.3 is 0 Å². The van der Waals surface area contributed by atoms with Gasteiger partial charge in [0.25, 0.3) is 0 Å². The zero-order chi connectivity index (χ0) is 12.4. The molecular weight excluding hydrogens is 240 g/mol. The smallest absolute Gasteiger partial charge is 0.213 e. The van der Waals surface area contributed by atoms with Crippen LogP contribution in [0.5, 0.6) is 0 Å². The third-order valence-corrected chi connectivity index (χ3v) is 5.10. The van der Waals surface area contributed by atoms with Crippen molar-refractivity contribution >= 4 is 10.0 Å². The first-order valence-corrected chi connectivity index (χ1v) is 7.97. The van der Waals surface area contributed by atoms with E-state index in [2.05, 4.69) is 10.0 Å². The van der Waals surface area contributed by atoms with Crippen LogP contribution in [0.4, 0.5) is 0 Å². The van der Waals surface area contributed by atoms with Crippen LogP contribution in [-0.2, 0) is 14.8 Å². The Hall–Kier alpha value is -0.170. The van der Waals surface area contributed by atoms with E-state index in [0.29, 0.717) is 13.2 Å². The second-order valence-corrected chi connectivity index (χ2v) is 7.16. The number of hydrogen-bond acceptors (Lipinski definition) is 4. The maximum atomic E-state index is 12.1. The van der Waals surface area contributed by atoms with Gasteiger partial charge in [-0.25, -0.2) is 13.1 Å². The predicted octanol–water partition coefficient (Wildman–Crippen LogP) is 0.227. The molecule has 2 rings (SSSR count). The van der Waals surface area contributed by atoms with Gasteiger partial charge in [-0.05, 0) is 32.7 Å². The third kappa shape index (κ3) is 3.91. The Labute approximate surface area is 103 Å². The maximum Gasteiger partial charge on any atom is 0.213 e. The number of hydrogen-bond donors (Lipinski definition) is 2. The van der Waals surface area contributed by atoms with Crippen LogP contribution in [-0.4, -0.2) is 45.5 Å². The fraction of sp³-hybridized carbons (Fsp3) is 1.00. The first-order chi connectivity index (χ1) is 7.99. The van der Waals surface area contributed by atoms with E-state index >= 15 is 0 Å². The van der Waals surface area contributed by atoms with Crippen molar-refractivity contribution < 1.29 is 13.2 Å². The van der Waals surface area contributed by atoms with Crippen LogP contribution in [0.1, 0.15) is 32.6 Å². The topological polar surface area (TPSA) is 67.4 Å². The minimum Gasteiger partial charge on any atom is -0.379 e. The molecule has 0 aromatic heterocycles. The molecule has 0 aromatic rings. The van der Waals surface area contributed by atoms with Gasteiger partial charge in [0.1, 0.15) is 0 Å². The van der Waals surface area contributed by atoms with Crippen LogP contribution < -0.4 is 10.0 Å². The van der Waals surface area contributed by atoms with Crippen molar-refractivity contribution in [2.45, 2.75) is 44.2 Å². The Kier molecular flexibility index (Phi) is 4.07. The Morgan fingerprint density at radius 3 is 2.88 bits per heavy atom. The summed E-state index contributed by atoms with van der Waals surface area (Å²) >= 11 is 0. The molecule has 2 unspecified atom stereocenters. The molecule has 2 fully saturated rings. The van der Waals surface area contributed by atoms with Crippen molar-refractivity contribution in [3.05, 3.63) is 0 Å². The second-order valence-electron chi connectivity index (χ2n) is 5.39. The lowest BCUT2D eigenvalue weighted by atomic mass is 10.0. The zero-order valence-corrected chi connectivity index (χ0v) is 11.2. The van der Waals surface area contributed by atoms with Crippen molar-refractivity contribution in [3.63, 3.8) is 0 Å². The molecule has 6 heteroatoms. The molecule has 17 heavy (non-hydrogen) atoms. The molecule has 0 spiro atoms. The highest BCUT2D eigenvalue weighted by Crippen LogP contribution is 2.19. The van der Waals surface area contributed by atoms with Crippen molar-refractivity contribution in [2.75, 3.05) is 25.5 Å². The molecule has 2 N–H and O–H groups in total. The standard InChI is InChI=1S/C11H22N2O3S/c1-11(5-7-16-9-11)13-17(14,15)8-10-4-2-3-6-12-10/h10,12-13H,2-9H2,1H3. The van der Waals surface area contributed by atoms with E-state index in [0.717, 1.165) is 32.2 Å². The number of nitrogens with one attached hydrogen (secondary N) is 2. The molecule has 0 radical (unpaired) electrons. The Morgan fingerprint density at radius 2 is 2.29 bits per heavy atom. The van der Waals surface area contributed by atoms with Crippen molar-refractivity contribution in [2.24, 2.45) is 0 Å². The fourth-order valence-corrected chi connectivity index (χ4v) is 4.31. The summed E-state index contributed by atoms with van der Waals surface area (Å²) in [5, 5.41) is 3.26. The SMILES string of the molecule is CC1(NS(=O)(=O)CC2CCCCN2)CCOC1. The lowest BCUT2D eigenvalue weighted by Crippen LogP contribution is -2.50. The van der Waals surface area contributed by atoms with Crippen LogP contribution >= 0.6 is 0 Å². The minimum atomic E-state index is -3.22. The van der Waals surface area contributed by atoms with Gasteiger partial charge in [0, 0.05) is 12.6 Å². The summed E-state index contributed by atoms with van der Waals surface area (Å²) in [6.07, 6.45) is 3.97. The van der Waals surface area contributed by atoms with Gasteiger partial charge in [-0.3, -0.25) is 0 Å². The first-order valence-electron chi connectivity index (χ1n) is 6.32. The fourth-order valence-electron chi connectivity index (χ4n) is 2.50. The van der Waals surface area contributed by atoms with Crippen molar-refractivity contribution in [1.82, 2.24) is 10.0 Å². The third-order valence-electron chi connectivity index (χ3n) is 3.45. The summed E-state index contributed by atoms with van der Waals surface area (Å²) < 4.78 is 32.1. The summed E-state index contributed by atoms with van der Waals surface area (Å²) in [4.78, 5) is 0. The van der Waals surface area contributed by atoms with Crippen LogP contribution in [0, 0.1) is 0 Å². The summed E-state index contributed by atoms with van der Waals surface area (Å²) in [7, 11) is -3.22. The van der Waals surface area contributed by atoms with Gasteiger partial charge in [-0.15, -0.1) is 0 Å². The van der Waals surface area contributed by atoms with E-state index in [1.54, 1.807) is 0 Å². The number of piperidine rings is 1. The van der Waals surface area contributed by atoms with Gasteiger partial charge in [0.2, 0.25) is 10.0 Å². The zero-order valence-electron chi connectivity index (χ0n) is 10.4. The second kappa shape index (κ2) is 5.22. The van der Waals surface area contributed by atoms with E-state index in [4.69, 9.17) is 4.74 Å². The average Bonchev–Trinajstić information content (AvgIpc) is 2.64. The predicted molar refractivity (Wildman–Crippen MR) is 66.4 cm³/mol. The molecule has 0 bridgehead atoms. The summed E-state index contributed by atoms with van der Waals surface area (Å²) in [6.45, 7) is 3.96. The van der Waals surface area contributed by atoms with E-state index in [-0.39, 0.29) is 11.8 Å². The molecule has 0 aliphatic carbocycles. The molecule has 100 valence electrons. The van der Waals surface area contributed by atoms with Gasteiger partial charge in [0.15, 0.2) is 0 Å². The van der Waals surface area contributed by atoms with Crippen molar-refractivity contribution in [3.8, 4) is 0 Å². The lowest BCUT2D eigenvalue weighted by molar-refractivity contribution is 0.178. The molecular formula is C11H22N2O3S. The molecule has 0 aromatic carbocycles. The minimum absolute atomic E-state index is 0.104. The highest BCUT2D eigenvalue weighted by Gasteiger charge is 2.34. The molecule has 2 aliphatic rings. The van der Waals surface area contributed by atoms with Gasteiger partial charge in [0.05, 0.1) is 17.9 Å². The van der Waals surface area contributed by atoms with E-state index < -0.39 is 15.6 Å². The number of sulfonamides is 1. The highest BCUT2D eigenvalue weighted by molar-refractivity contribution is 7.89. The normalized spacial score (nSPS) is 35.0. The van der Waals surface area contributed by atoms with Crippen LogP contribution in [0.15, 0.2) is 0 Å². The number of ether oxygens (including phenoxy) is 1. The Balaban J connectivity index is 1.89. The molecule has 0 saturated carbocycles. The van der Waals surface area contributed by atoms with Crippen LogP contribution in [0.2, 0.25) is 0 Å². The molecule has 0 amide bonds. The van der Waals surface area contributed by atoms with Crippen molar-refractivity contribution in [1.29, 1.82) is 0 Å². The first kappa shape index (κ1) is 13.3. The summed E-state index contributed by atoms with van der Waals surface area (Å²) in [6, 6.07) is 0.104. The Morgan fingerprint density at radius 1 is 1.47 bits per heavy atom. The van der Waals surface area contributed by atoms with E-state index in [9.17, 15) is 8.42 Å². The van der Waals surface area contributed by atoms with Gasteiger partial charge in [-0.2, -0.15) is 0 Å². The molecule has 2 aliphatic heterocycles. The van der Waals surface area contributed by atoms with Crippen LogP contribution in [0.3, 0.4) is 0 Å². The lowest BCUT2D eigenvalue weighted by Gasteiger charge is -2.27. The average molecular weight is 262 g/mol. The highest BCUT2D eigenvalue weighted by atomic mass is 32.2. The quantitative estimate of drug-likeness (QED) is 0.761. The van der Waals surface area contributed by atoms with Crippen LogP contribution in [0.25, 0.3) is 0 Å². The number of rotatable bonds is 4. The van der Waals surface area contributed by atoms with E-state index in [1.165, 1.54) is 0 Å². The molecule has 2 atom stereocenters. The summed E-state index contributed by atoms with van der Waals surface area (Å²) in [5.41, 5.74) is -0.409. The molecule has 5 nitrogen and oxygen atoms in total. The van der Waals surface area contributed by atoms with Gasteiger partial charge in [-0.1, -0.05) is 6.42 Å². The Bertz CT molecular complexity index is 344.